The first-order chi connectivity index (χ1) is 7.58. The highest BCUT2D eigenvalue weighted by Crippen LogP contribution is 2.28. The van der Waals surface area contributed by atoms with E-state index in [-0.39, 0.29) is 0 Å². The standard InChI is InChI=1S/C12H16N2O2/c1-14(2)9-4-6-10-8(7-9)3-5-11(13-10)12(15)16/h4,6-7,11,13H,3,5H2,1-2H3,(H,15,16). The maximum Gasteiger partial charge on any atom is 0.326 e. The summed E-state index contributed by atoms with van der Waals surface area (Å²) in [6.07, 6.45) is 1.47. The summed E-state index contributed by atoms with van der Waals surface area (Å²) in [6, 6.07) is 5.62. The quantitative estimate of drug-likeness (QED) is 0.794. The van der Waals surface area contributed by atoms with Gasteiger partial charge in [-0.3, -0.25) is 0 Å². The molecule has 0 saturated heterocycles. The molecule has 1 aromatic carbocycles. The average Bonchev–Trinajstić information content (AvgIpc) is 2.27. The van der Waals surface area contributed by atoms with Gasteiger partial charge in [-0.15, -0.1) is 0 Å². The monoisotopic (exact) mass is 220 g/mol. The topological polar surface area (TPSA) is 52.6 Å². The number of anilines is 2. The van der Waals surface area contributed by atoms with Crippen molar-refractivity contribution in [2.24, 2.45) is 0 Å². The summed E-state index contributed by atoms with van der Waals surface area (Å²) in [6.45, 7) is 0. The Morgan fingerprint density at radius 1 is 1.50 bits per heavy atom. The van der Waals surface area contributed by atoms with E-state index in [9.17, 15) is 4.79 Å². The van der Waals surface area contributed by atoms with Crippen molar-refractivity contribution in [3.05, 3.63) is 23.8 Å². The van der Waals surface area contributed by atoms with Gasteiger partial charge in [0.2, 0.25) is 0 Å². The zero-order valence-electron chi connectivity index (χ0n) is 9.53. The molecule has 1 heterocycles. The molecule has 0 aliphatic carbocycles. The molecule has 16 heavy (non-hydrogen) atoms. The number of aryl methyl sites for hydroxylation is 1. The summed E-state index contributed by atoms with van der Waals surface area (Å²) in [4.78, 5) is 12.9. The molecule has 4 nitrogen and oxygen atoms in total. The van der Waals surface area contributed by atoms with E-state index < -0.39 is 12.0 Å². The van der Waals surface area contributed by atoms with Crippen LogP contribution in [0.1, 0.15) is 12.0 Å². The van der Waals surface area contributed by atoms with Crippen LogP contribution in [0, 0.1) is 0 Å². The SMILES string of the molecule is CN(C)c1ccc2c(c1)CCC(C(=O)O)N2. The van der Waals surface area contributed by atoms with Crippen molar-refractivity contribution in [3.8, 4) is 0 Å². The minimum absolute atomic E-state index is 0.447. The Kier molecular flexibility index (Phi) is 2.73. The fourth-order valence-corrected chi connectivity index (χ4v) is 1.95. The third-order valence-electron chi connectivity index (χ3n) is 2.94. The molecule has 4 heteroatoms. The van der Waals surface area contributed by atoms with Gasteiger partial charge in [-0.25, -0.2) is 4.79 Å². The Labute approximate surface area is 94.9 Å². The number of carboxylic acid groups (broad SMARTS) is 1. The minimum Gasteiger partial charge on any atom is -0.480 e. The molecule has 0 aromatic heterocycles. The Hall–Kier alpha value is -1.71. The second-order valence-electron chi connectivity index (χ2n) is 4.31. The van der Waals surface area contributed by atoms with Crippen molar-refractivity contribution >= 4 is 17.3 Å². The number of hydrogen-bond acceptors (Lipinski definition) is 3. The van der Waals surface area contributed by atoms with Crippen LogP contribution in [0.3, 0.4) is 0 Å². The second-order valence-corrected chi connectivity index (χ2v) is 4.31. The maximum absolute atomic E-state index is 10.9. The molecule has 0 amide bonds. The van der Waals surface area contributed by atoms with Gasteiger partial charge in [0.1, 0.15) is 6.04 Å². The predicted molar refractivity (Wildman–Crippen MR) is 64.1 cm³/mol. The van der Waals surface area contributed by atoms with Gasteiger partial charge in [-0.1, -0.05) is 0 Å². The smallest absolute Gasteiger partial charge is 0.326 e. The lowest BCUT2D eigenvalue weighted by Crippen LogP contribution is -2.33. The van der Waals surface area contributed by atoms with Gasteiger partial charge in [-0.2, -0.15) is 0 Å². The Morgan fingerprint density at radius 3 is 2.88 bits per heavy atom. The highest BCUT2D eigenvalue weighted by atomic mass is 16.4. The van der Waals surface area contributed by atoms with Crippen LogP contribution in [-0.2, 0) is 11.2 Å². The summed E-state index contributed by atoms with van der Waals surface area (Å²) in [5.41, 5.74) is 3.29. The molecule has 1 aliphatic rings. The molecule has 0 fully saturated rings. The molecule has 86 valence electrons. The van der Waals surface area contributed by atoms with Crippen LogP contribution in [0.15, 0.2) is 18.2 Å². The largest absolute Gasteiger partial charge is 0.480 e. The maximum atomic E-state index is 10.9. The molecule has 0 bridgehead atoms. The van der Waals surface area contributed by atoms with E-state index in [2.05, 4.69) is 11.4 Å². The molecule has 1 atom stereocenters. The van der Waals surface area contributed by atoms with Gasteiger partial charge in [0, 0.05) is 25.5 Å². The molecule has 1 aromatic rings. The molecule has 0 spiro atoms. The lowest BCUT2D eigenvalue weighted by atomic mass is 9.97. The van der Waals surface area contributed by atoms with Gasteiger partial charge in [0.15, 0.2) is 0 Å². The number of nitrogens with zero attached hydrogens (tertiary/aromatic N) is 1. The Morgan fingerprint density at radius 2 is 2.25 bits per heavy atom. The van der Waals surface area contributed by atoms with Crippen LogP contribution in [-0.4, -0.2) is 31.2 Å². The summed E-state index contributed by atoms with van der Waals surface area (Å²) in [5.74, 6) is -0.776. The van der Waals surface area contributed by atoms with Crippen molar-refractivity contribution < 1.29 is 9.90 Å². The van der Waals surface area contributed by atoms with Gasteiger partial charge < -0.3 is 15.3 Å². The van der Waals surface area contributed by atoms with E-state index in [1.807, 2.05) is 31.1 Å². The summed E-state index contributed by atoms with van der Waals surface area (Å²) in [5, 5.41) is 12.0. The highest BCUT2D eigenvalue weighted by Gasteiger charge is 2.23. The summed E-state index contributed by atoms with van der Waals surface area (Å²) < 4.78 is 0. The van der Waals surface area contributed by atoms with E-state index in [0.717, 1.165) is 17.8 Å². The van der Waals surface area contributed by atoms with Gasteiger partial charge >= 0.3 is 5.97 Å². The van der Waals surface area contributed by atoms with E-state index in [1.54, 1.807) is 0 Å². The predicted octanol–water partition coefficient (Wildman–Crippen LogP) is 1.56. The Bertz CT molecular complexity index is 415. The first-order valence-corrected chi connectivity index (χ1v) is 5.37. The van der Waals surface area contributed by atoms with Crippen molar-refractivity contribution in [1.29, 1.82) is 0 Å². The van der Waals surface area contributed by atoms with Crippen molar-refractivity contribution in [1.82, 2.24) is 0 Å². The fourth-order valence-electron chi connectivity index (χ4n) is 1.95. The first kappa shape index (κ1) is 10.8. The third kappa shape index (κ3) is 1.96. The van der Waals surface area contributed by atoms with Crippen LogP contribution in [0.5, 0.6) is 0 Å². The van der Waals surface area contributed by atoms with Crippen LogP contribution in [0.4, 0.5) is 11.4 Å². The average molecular weight is 220 g/mol. The first-order valence-electron chi connectivity index (χ1n) is 5.37. The van der Waals surface area contributed by atoms with E-state index >= 15 is 0 Å². The number of hydrogen-bond donors (Lipinski definition) is 2. The van der Waals surface area contributed by atoms with Crippen molar-refractivity contribution in [3.63, 3.8) is 0 Å². The molecule has 0 saturated carbocycles. The van der Waals surface area contributed by atoms with Gasteiger partial charge in [-0.05, 0) is 36.6 Å². The molecule has 0 radical (unpaired) electrons. The molecule has 1 aliphatic heterocycles. The number of carboxylic acids is 1. The Balaban J connectivity index is 2.25. The summed E-state index contributed by atoms with van der Waals surface area (Å²) in [7, 11) is 4.00. The normalized spacial score (nSPS) is 18.5. The van der Waals surface area contributed by atoms with E-state index in [0.29, 0.717) is 6.42 Å². The number of nitrogens with one attached hydrogen (secondary N) is 1. The molecular weight excluding hydrogens is 204 g/mol. The van der Waals surface area contributed by atoms with E-state index in [1.165, 1.54) is 5.56 Å². The molecule has 1 unspecified atom stereocenters. The van der Waals surface area contributed by atoms with Crippen LogP contribution < -0.4 is 10.2 Å². The zero-order chi connectivity index (χ0) is 11.7. The van der Waals surface area contributed by atoms with Crippen LogP contribution in [0.2, 0.25) is 0 Å². The zero-order valence-corrected chi connectivity index (χ0v) is 9.53. The minimum atomic E-state index is -0.776. The summed E-state index contributed by atoms with van der Waals surface area (Å²) >= 11 is 0. The number of benzene rings is 1. The fraction of sp³-hybridized carbons (Fsp3) is 0.417. The van der Waals surface area contributed by atoms with Crippen LogP contribution in [0.25, 0.3) is 0 Å². The molecular formula is C12H16N2O2. The highest BCUT2D eigenvalue weighted by molar-refractivity contribution is 5.79. The molecule has 2 rings (SSSR count). The number of aliphatic carboxylic acids is 1. The van der Waals surface area contributed by atoms with E-state index in [4.69, 9.17) is 5.11 Å². The van der Waals surface area contributed by atoms with Crippen molar-refractivity contribution in [2.45, 2.75) is 18.9 Å². The lowest BCUT2D eigenvalue weighted by Gasteiger charge is -2.25. The number of rotatable bonds is 2. The molecule has 2 N–H and O–H groups in total. The lowest BCUT2D eigenvalue weighted by molar-refractivity contribution is -0.138. The second kappa shape index (κ2) is 4.04. The van der Waals surface area contributed by atoms with Gasteiger partial charge in [0.25, 0.3) is 0 Å². The van der Waals surface area contributed by atoms with Crippen LogP contribution >= 0.6 is 0 Å². The van der Waals surface area contributed by atoms with Crippen molar-refractivity contribution in [2.75, 3.05) is 24.3 Å². The van der Waals surface area contributed by atoms with Gasteiger partial charge in [0.05, 0.1) is 0 Å². The third-order valence-corrected chi connectivity index (χ3v) is 2.94. The number of fused-ring (bicyclic) bond motifs is 1. The number of carbonyl (C=O) groups is 1.